The van der Waals surface area contributed by atoms with Crippen molar-refractivity contribution < 1.29 is 14.3 Å². The summed E-state index contributed by atoms with van der Waals surface area (Å²) in [5, 5.41) is 6.25. The number of methoxy groups -OCH3 is 2. The van der Waals surface area contributed by atoms with Crippen LogP contribution in [-0.2, 0) is 0 Å². The Balaban J connectivity index is 1.87. The number of amides is 1. The maximum Gasteiger partial charge on any atom is 0.257 e. The van der Waals surface area contributed by atoms with Gasteiger partial charge in [0, 0.05) is 17.4 Å². The number of aryl methyl sites for hydroxylation is 1. The van der Waals surface area contributed by atoms with Crippen LogP contribution >= 0.6 is 0 Å². The summed E-state index contributed by atoms with van der Waals surface area (Å²) in [5.74, 6) is 0.984. The number of anilines is 3. The van der Waals surface area contributed by atoms with Gasteiger partial charge in [0.1, 0.15) is 0 Å². The van der Waals surface area contributed by atoms with E-state index < -0.39 is 0 Å². The summed E-state index contributed by atoms with van der Waals surface area (Å²) >= 11 is 0. The normalized spacial score (nSPS) is 10.2. The van der Waals surface area contributed by atoms with E-state index in [-0.39, 0.29) is 5.91 Å². The van der Waals surface area contributed by atoms with Gasteiger partial charge in [0.15, 0.2) is 11.5 Å². The Morgan fingerprint density at radius 3 is 2.15 bits per heavy atom. The molecule has 0 saturated carbocycles. The third kappa shape index (κ3) is 4.20. The number of carbonyl (C=O) groups excluding carboxylic acids is 1. The largest absolute Gasteiger partial charge is 0.493 e. The summed E-state index contributed by atoms with van der Waals surface area (Å²) in [4.78, 5) is 12.9. The van der Waals surface area contributed by atoms with Crippen molar-refractivity contribution in [2.75, 3.05) is 24.9 Å². The molecule has 0 bridgehead atoms. The number of carbonyl (C=O) groups is 1. The number of para-hydroxylation sites is 2. The highest BCUT2D eigenvalue weighted by Gasteiger charge is 2.15. The van der Waals surface area contributed by atoms with Crippen molar-refractivity contribution in [3.8, 4) is 11.5 Å². The molecular formula is C22H22N2O3. The average Bonchev–Trinajstić information content (AvgIpc) is 2.70. The van der Waals surface area contributed by atoms with Gasteiger partial charge in [-0.2, -0.15) is 0 Å². The number of hydrogen-bond acceptors (Lipinski definition) is 4. The highest BCUT2D eigenvalue weighted by molar-refractivity contribution is 6.08. The van der Waals surface area contributed by atoms with Crippen LogP contribution in [0.1, 0.15) is 15.9 Å². The molecule has 0 aliphatic rings. The number of ether oxygens (including phenoxy) is 2. The van der Waals surface area contributed by atoms with Crippen molar-refractivity contribution in [1.82, 2.24) is 0 Å². The summed E-state index contributed by atoms with van der Waals surface area (Å²) in [5.41, 5.74) is 3.76. The molecule has 5 nitrogen and oxygen atoms in total. The zero-order chi connectivity index (χ0) is 19.2. The number of rotatable bonds is 6. The smallest absolute Gasteiger partial charge is 0.257 e. The van der Waals surface area contributed by atoms with E-state index in [0.717, 1.165) is 16.9 Å². The highest BCUT2D eigenvalue weighted by atomic mass is 16.5. The van der Waals surface area contributed by atoms with Crippen molar-refractivity contribution in [3.05, 3.63) is 77.9 Å². The van der Waals surface area contributed by atoms with Gasteiger partial charge < -0.3 is 20.1 Å². The van der Waals surface area contributed by atoms with Crippen molar-refractivity contribution in [3.63, 3.8) is 0 Å². The first kappa shape index (κ1) is 18.3. The lowest BCUT2D eigenvalue weighted by atomic mass is 10.1. The standard InChI is InChI=1S/C22H22N2O3/c1-15-13-20(26-2)21(27-3)14-19(15)24-22(25)17-11-7-8-12-18(17)23-16-9-5-4-6-10-16/h4-14,23H,1-3H3,(H,24,25). The second-order valence-corrected chi connectivity index (χ2v) is 6.01. The average molecular weight is 362 g/mol. The van der Waals surface area contributed by atoms with Crippen LogP contribution in [-0.4, -0.2) is 20.1 Å². The lowest BCUT2D eigenvalue weighted by Gasteiger charge is -2.15. The second kappa shape index (κ2) is 8.27. The minimum Gasteiger partial charge on any atom is -0.493 e. The third-order valence-electron chi connectivity index (χ3n) is 4.20. The Hall–Kier alpha value is -3.47. The predicted octanol–water partition coefficient (Wildman–Crippen LogP) is 5.01. The Kier molecular flexibility index (Phi) is 5.61. The van der Waals surface area contributed by atoms with Gasteiger partial charge in [-0.15, -0.1) is 0 Å². The first-order valence-corrected chi connectivity index (χ1v) is 8.57. The van der Waals surface area contributed by atoms with E-state index in [2.05, 4.69) is 10.6 Å². The Morgan fingerprint density at radius 1 is 0.815 bits per heavy atom. The third-order valence-corrected chi connectivity index (χ3v) is 4.20. The molecule has 27 heavy (non-hydrogen) atoms. The quantitative estimate of drug-likeness (QED) is 0.647. The fourth-order valence-electron chi connectivity index (χ4n) is 2.77. The minimum absolute atomic E-state index is 0.204. The molecule has 5 heteroatoms. The fraction of sp³-hybridized carbons (Fsp3) is 0.136. The van der Waals surface area contributed by atoms with Gasteiger partial charge in [0.2, 0.25) is 0 Å². The molecule has 3 aromatic rings. The van der Waals surface area contributed by atoms with E-state index in [1.54, 1.807) is 26.4 Å². The monoisotopic (exact) mass is 362 g/mol. The molecule has 0 heterocycles. The molecular weight excluding hydrogens is 340 g/mol. The van der Waals surface area contributed by atoms with E-state index in [0.29, 0.717) is 22.7 Å². The van der Waals surface area contributed by atoms with Crippen LogP contribution in [0.2, 0.25) is 0 Å². The molecule has 2 N–H and O–H groups in total. The summed E-state index contributed by atoms with van der Waals surface area (Å²) < 4.78 is 10.6. The first-order valence-electron chi connectivity index (χ1n) is 8.57. The van der Waals surface area contributed by atoms with Gasteiger partial charge in [-0.25, -0.2) is 0 Å². The Morgan fingerprint density at radius 2 is 1.44 bits per heavy atom. The SMILES string of the molecule is COc1cc(C)c(NC(=O)c2ccccc2Nc2ccccc2)cc1OC. The van der Waals surface area contributed by atoms with Crippen LogP contribution in [0, 0.1) is 6.92 Å². The zero-order valence-corrected chi connectivity index (χ0v) is 15.6. The van der Waals surface area contributed by atoms with E-state index in [1.165, 1.54) is 0 Å². The highest BCUT2D eigenvalue weighted by Crippen LogP contribution is 2.33. The molecule has 3 aromatic carbocycles. The first-order chi connectivity index (χ1) is 13.1. The van der Waals surface area contributed by atoms with Gasteiger partial charge in [0.25, 0.3) is 5.91 Å². The second-order valence-electron chi connectivity index (χ2n) is 6.01. The van der Waals surface area contributed by atoms with Gasteiger partial charge in [-0.3, -0.25) is 4.79 Å². The molecule has 138 valence electrons. The van der Waals surface area contributed by atoms with Crippen molar-refractivity contribution in [1.29, 1.82) is 0 Å². The molecule has 0 atom stereocenters. The summed E-state index contributed by atoms with van der Waals surface area (Å²) in [6.45, 7) is 1.91. The lowest BCUT2D eigenvalue weighted by molar-refractivity contribution is 0.102. The Bertz CT molecular complexity index is 940. The lowest BCUT2D eigenvalue weighted by Crippen LogP contribution is -2.14. The van der Waals surface area contributed by atoms with Crippen LogP contribution in [0.25, 0.3) is 0 Å². The van der Waals surface area contributed by atoms with E-state index >= 15 is 0 Å². The zero-order valence-electron chi connectivity index (χ0n) is 15.6. The van der Waals surface area contributed by atoms with Crippen molar-refractivity contribution >= 4 is 23.0 Å². The summed E-state index contributed by atoms with van der Waals surface area (Å²) in [7, 11) is 3.15. The maximum absolute atomic E-state index is 12.9. The van der Waals surface area contributed by atoms with Crippen molar-refractivity contribution in [2.24, 2.45) is 0 Å². The molecule has 0 aromatic heterocycles. The number of nitrogens with one attached hydrogen (secondary N) is 2. The van der Waals surface area contributed by atoms with Crippen LogP contribution in [0.3, 0.4) is 0 Å². The van der Waals surface area contributed by atoms with Gasteiger partial charge >= 0.3 is 0 Å². The van der Waals surface area contributed by atoms with Crippen LogP contribution < -0.4 is 20.1 Å². The molecule has 0 unspecified atom stereocenters. The molecule has 0 radical (unpaired) electrons. The van der Waals surface area contributed by atoms with Crippen LogP contribution in [0.15, 0.2) is 66.7 Å². The van der Waals surface area contributed by atoms with Gasteiger partial charge in [0.05, 0.1) is 25.5 Å². The topological polar surface area (TPSA) is 59.6 Å². The molecule has 0 aliphatic heterocycles. The molecule has 1 amide bonds. The summed E-state index contributed by atoms with van der Waals surface area (Å²) in [6, 6.07) is 20.7. The van der Waals surface area contributed by atoms with Gasteiger partial charge in [-0.1, -0.05) is 30.3 Å². The molecule has 0 aliphatic carbocycles. The van der Waals surface area contributed by atoms with Crippen LogP contribution in [0.5, 0.6) is 11.5 Å². The van der Waals surface area contributed by atoms with Crippen LogP contribution in [0.4, 0.5) is 17.1 Å². The van der Waals surface area contributed by atoms with Crippen molar-refractivity contribution in [2.45, 2.75) is 6.92 Å². The minimum atomic E-state index is -0.204. The number of benzene rings is 3. The molecule has 0 spiro atoms. The number of hydrogen-bond donors (Lipinski definition) is 2. The Labute approximate surface area is 158 Å². The maximum atomic E-state index is 12.9. The molecule has 3 rings (SSSR count). The molecule has 0 saturated heterocycles. The predicted molar refractivity (Wildman–Crippen MR) is 108 cm³/mol. The van der Waals surface area contributed by atoms with Gasteiger partial charge in [-0.05, 0) is 42.8 Å². The van der Waals surface area contributed by atoms with E-state index in [9.17, 15) is 4.79 Å². The van der Waals surface area contributed by atoms with E-state index in [1.807, 2.05) is 61.5 Å². The fourth-order valence-corrected chi connectivity index (χ4v) is 2.77. The van der Waals surface area contributed by atoms with E-state index in [4.69, 9.17) is 9.47 Å². The summed E-state index contributed by atoms with van der Waals surface area (Å²) in [6.07, 6.45) is 0. The molecule has 0 fully saturated rings.